The molecular formula is C17H22BrN5O3S2. The molecule has 1 aromatic heterocycles. The zero-order valence-electron chi connectivity index (χ0n) is 15.6. The van der Waals surface area contributed by atoms with Crippen LogP contribution in [0.25, 0.3) is 0 Å². The first-order chi connectivity index (χ1) is 13.5. The molecule has 0 atom stereocenters. The largest absolute Gasteiger partial charge is 0.490 e. The monoisotopic (exact) mass is 487 g/mol. The number of nitrogen functional groups attached to an aromatic ring is 1. The van der Waals surface area contributed by atoms with E-state index in [0.717, 1.165) is 22.9 Å². The van der Waals surface area contributed by atoms with E-state index in [9.17, 15) is 4.79 Å². The maximum Gasteiger partial charge on any atom is 0.250 e. The second kappa shape index (κ2) is 11.9. The fourth-order valence-corrected chi connectivity index (χ4v) is 4.00. The molecule has 0 saturated carbocycles. The Bertz CT molecular complexity index is 816. The average molecular weight is 488 g/mol. The molecular weight excluding hydrogens is 466 g/mol. The molecule has 2 rings (SSSR count). The van der Waals surface area contributed by atoms with Gasteiger partial charge in [0.1, 0.15) is 0 Å². The van der Waals surface area contributed by atoms with Crippen LogP contribution in [0.15, 0.2) is 26.0 Å². The van der Waals surface area contributed by atoms with Crippen LogP contribution in [0, 0.1) is 0 Å². The Hall–Kier alpha value is -1.85. The highest BCUT2D eigenvalue weighted by atomic mass is 79.9. The summed E-state index contributed by atoms with van der Waals surface area (Å²) in [5.74, 6) is 1.22. The number of anilines is 1. The second-order valence-corrected chi connectivity index (χ2v) is 8.54. The van der Waals surface area contributed by atoms with E-state index in [1.54, 1.807) is 6.21 Å². The van der Waals surface area contributed by atoms with Gasteiger partial charge in [-0.05, 0) is 47.0 Å². The van der Waals surface area contributed by atoms with Crippen LogP contribution >= 0.6 is 39.0 Å². The summed E-state index contributed by atoms with van der Waals surface area (Å²) in [6.07, 6.45) is 3.57. The molecule has 152 valence electrons. The van der Waals surface area contributed by atoms with Gasteiger partial charge in [0.25, 0.3) is 5.91 Å². The van der Waals surface area contributed by atoms with Crippen LogP contribution in [-0.4, -0.2) is 41.3 Å². The molecule has 1 heterocycles. The van der Waals surface area contributed by atoms with Gasteiger partial charge in [0, 0.05) is 0 Å². The lowest BCUT2D eigenvalue weighted by molar-refractivity contribution is -0.118. The standard InChI is InChI=1S/C17H22BrN5O3S2/c1-3-5-6-26-15-12(18)7-11(8-13(15)25-4-2)9-20-21-14(24)10-27-17-23-22-16(19)28-17/h7-9H,3-6,10H2,1-2H3,(H2,19,22)(H,21,24). The topological polar surface area (TPSA) is 112 Å². The molecule has 2 aromatic rings. The van der Waals surface area contributed by atoms with Crippen molar-refractivity contribution in [3.63, 3.8) is 0 Å². The number of hydrogen-bond donors (Lipinski definition) is 2. The Morgan fingerprint density at radius 1 is 1.39 bits per heavy atom. The van der Waals surface area contributed by atoms with Gasteiger partial charge in [-0.15, -0.1) is 10.2 Å². The zero-order chi connectivity index (χ0) is 20.4. The number of hydrogen-bond acceptors (Lipinski definition) is 9. The van der Waals surface area contributed by atoms with Crippen LogP contribution in [0.3, 0.4) is 0 Å². The molecule has 0 aliphatic carbocycles. The number of nitrogens with two attached hydrogens (primary N) is 1. The van der Waals surface area contributed by atoms with E-state index in [0.29, 0.717) is 34.2 Å². The number of rotatable bonds is 11. The zero-order valence-corrected chi connectivity index (χ0v) is 18.8. The van der Waals surface area contributed by atoms with Gasteiger partial charge in [-0.25, -0.2) is 5.43 Å². The van der Waals surface area contributed by atoms with Crippen molar-refractivity contribution in [2.45, 2.75) is 31.0 Å². The number of thioether (sulfide) groups is 1. The molecule has 1 aromatic carbocycles. The van der Waals surface area contributed by atoms with Gasteiger partial charge < -0.3 is 15.2 Å². The summed E-state index contributed by atoms with van der Waals surface area (Å²) in [7, 11) is 0. The van der Waals surface area contributed by atoms with Gasteiger partial charge in [-0.2, -0.15) is 5.10 Å². The number of amides is 1. The van der Waals surface area contributed by atoms with Gasteiger partial charge in [0.15, 0.2) is 15.8 Å². The Balaban J connectivity index is 1.95. The molecule has 0 aliphatic rings. The summed E-state index contributed by atoms with van der Waals surface area (Å²) in [6.45, 7) is 5.16. The third-order valence-electron chi connectivity index (χ3n) is 3.23. The van der Waals surface area contributed by atoms with Crippen molar-refractivity contribution in [1.29, 1.82) is 0 Å². The van der Waals surface area contributed by atoms with E-state index >= 15 is 0 Å². The minimum atomic E-state index is -0.251. The summed E-state index contributed by atoms with van der Waals surface area (Å²) in [5, 5.41) is 11.9. The molecule has 0 radical (unpaired) electrons. The molecule has 0 unspecified atom stereocenters. The number of carbonyl (C=O) groups is 1. The minimum absolute atomic E-state index is 0.171. The Labute approximate surface area is 180 Å². The predicted molar refractivity (Wildman–Crippen MR) is 116 cm³/mol. The molecule has 0 aliphatic heterocycles. The fraction of sp³-hybridized carbons (Fsp3) is 0.412. The SMILES string of the molecule is CCCCOc1c(Br)cc(C=NNC(=O)CSc2nnc(N)s2)cc1OCC. The molecule has 28 heavy (non-hydrogen) atoms. The second-order valence-electron chi connectivity index (χ2n) is 5.45. The van der Waals surface area contributed by atoms with Crippen LogP contribution in [0.1, 0.15) is 32.3 Å². The first kappa shape index (κ1) is 22.4. The number of ether oxygens (including phenoxy) is 2. The maximum absolute atomic E-state index is 11.9. The normalized spacial score (nSPS) is 11.0. The first-order valence-corrected chi connectivity index (χ1v) is 11.3. The lowest BCUT2D eigenvalue weighted by Crippen LogP contribution is -2.19. The highest BCUT2D eigenvalue weighted by molar-refractivity contribution is 9.10. The lowest BCUT2D eigenvalue weighted by Gasteiger charge is -2.14. The molecule has 0 bridgehead atoms. The lowest BCUT2D eigenvalue weighted by atomic mass is 10.2. The quantitative estimate of drug-likeness (QED) is 0.215. The van der Waals surface area contributed by atoms with Gasteiger partial charge in [0.05, 0.1) is 29.7 Å². The Kier molecular flexibility index (Phi) is 9.51. The number of aromatic nitrogens is 2. The van der Waals surface area contributed by atoms with Crippen molar-refractivity contribution in [1.82, 2.24) is 15.6 Å². The van der Waals surface area contributed by atoms with E-state index in [1.165, 1.54) is 23.1 Å². The maximum atomic E-state index is 11.9. The van der Waals surface area contributed by atoms with Crippen LogP contribution in [0.2, 0.25) is 0 Å². The van der Waals surface area contributed by atoms with Crippen LogP contribution in [0.5, 0.6) is 11.5 Å². The van der Waals surface area contributed by atoms with E-state index in [-0.39, 0.29) is 11.7 Å². The number of halogens is 1. The highest BCUT2D eigenvalue weighted by Gasteiger charge is 2.12. The number of nitrogens with one attached hydrogen (secondary N) is 1. The van der Waals surface area contributed by atoms with E-state index in [2.05, 4.69) is 43.6 Å². The summed E-state index contributed by atoms with van der Waals surface area (Å²) in [6, 6.07) is 3.68. The first-order valence-electron chi connectivity index (χ1n) is 8.66. The van der Waals surface area contributed by atoms with E-state index < -0.39 is 0 Å². The Morgan fingerprint density at radius 2 is 2.21 bits per heavy atom. The summed E-state index contributed by atoms with van der Waals surface area (Å²) >= 11 is 6.00. The van der Waals surface area contributed by atoms with Crippen LogP contribution < -0.4 is 20.6 Å². The molecule has 11 heteroatoms. The van der Waals surface area contributed by atoms with E-state index in [4.69, 9.17) is 15.2 Å². The van der Waals surface area contributed by atoms with E-state index in [1.807, 2.05) is 19.1 Å². The molecule has 1 amide bonds. The third-order valence-corrected chi connectivity index (χ3v) is 5.70. The summed E-state index contributed by atoms with van der Waals surface area (Å²) in [4.78, 5) is 11.9. The smallest absolute Gasteiger partial charge is 0.250 e. The minimum Gasteiger partial charge on any atom is -0.490 e. The third kappa shape index (κ3) is 7.28. The molecule has 0 fully saturated rings. The molecule has 3 N–H and O–H groups in total. The average Bonchev–Trinajstić information content (AvgIpc) is 3.08. The number of unbranched alkanes of at least 4 members (excludes halogenated alkanes) is 1. The van der Waals surface area contributed by atoms with Gasteiger partial charge in [-0.3, -0.25) is 4.79 Å². The van der Waals surface area contributed by atoms with Gasteiger partial charge >= 0.3 is 0 Å². The number of hydrazone groups is 1. The van der Waals surface area contributed by atoms with Crippen molar-refractivity contribution in [3.8, 4) is 11.5 Å². The van der Waals surface area contributed by atoms with Crippen molar-refractivity contribution in [2.75, 3.05) is 24.7 Å². The predicted octanol–water partition coefficient (Wildman–Crippen LogP) is 3.70. The van der Waals surface area contributed by atoms with Crippen molar-refractivity contribution in [2.24, 2.45) is 5.10 Å². The summed E-state index contributed by atoms with van der Waals surface area (Å²) < 4.78 is 12.9. The molecule has 8 nitrogen and oxygen atoms in total. The van der Waals surface area contributed by atoms with Gasteiger partial charge in [0.2, 0.25) is 5.13 Å². The number of nitrogens with zero attached hydrogens (tertiary/aromatic N) is 3. The number of carbonyl (C=O) groups excluding carboxylic acids is 1. The van der Waals surface area contributed by atoms with Crippen molar-refractivity contribution in [3.05, 3.63) is 22.2 Å². The fourth-order valence-electron chi connectivity index (χ4n) is 2.00. The summed E-state index contributed by atoms with van der Waals surface area (Å²) in [5.41, 5.74) is 8.75. The van der Waals surface area contributed by atoms with Crippen LogP contribution in [0.4, 0.5) is 5.13 Å². The van der Waals surface area contributed by atoms with Gasteiger partial charge in [-0.1, -0.05) is 36.4 Å². The molecule has 0 spiro atoms. The van der Waals surface area contributed by atoms with Crippen molar-refractivity contribution >= 4 is 56.3 Å². The Morgan fingerprint density at radius 3 is 2.89 bits per heavy atom. The highest BCUT2D eigenvalue weighted by Crippen LogP contribution is 2.36. The van der Waals surface area contributed by atoms with Crippen LogP contribution in [-0.2, 0) is 4.79 Å². The number of benzene rings is 1. The molecule has 0 saturated heterocycles. The van der Waals surface area contributed by atoms with Crippen molar-refractivity contribution < 1.29 is 14.3 Å².